The van der Waals surface area contributed by atoms with E-state index in [1.807, 2.05) is 0 Å². The van der Waals surface area contributed by atoms with E-state index in [-0.39, 0.29) is 5.41 Å². The summed E-state index contributed by atoms with van der Waals surface area (Å²) in [4.78, 5) is 2.60. The lowest BCUT2D eigenvalue weighted by Crippen LogP contribution is -2.55. The fourth-order valence-electron chi connectivity index (χ4n) is 13.7. The molecule has 3 heteroatoms. The Morgan fingerprint density at radius 3 is 1.67 bits per heavy atom. The fraction of sp³-hybridized carbons (Fsp3) is 0.172. The van der Waals surface area contributed by atoms with Crippen molar-refractivity contribution in [1.82, 2.24) is 9.13 Å². The summed E-state index contributed by atoms with van der Waals surface area (Å²) in [6, 6.07) is 70.8. The summed E-state index contributed by atoms with van der Waals surface area (Å²) in [7, 11) is 0. The third kappa shape index (κ3) is 4.59. The maximum Gasteiger partial charge on any atom is 0.0562 e. The van der Waals surface area contributed by atoms with Crippen LogP contribution >= 0.6 is 0 Å². The molecule has 4 fully saturated rings. The van der Waals surface area contributed by atoms with Gasteiger partial charge in [-0.15, -0.1) is 0 Å². The summed E-state index contributed by atoms with van der Waals surface area (Å²) in [5.74, 6) is 3.18. The van der Waals surface area contributed by atoms with Gasteiger partial charge >= 0.3 is 0 Å². The van der Waals surface area contributed by atoms with Gasteiger partial charge in [-0.05, 0) is 151 Å². The molecule has 0 unspecified atom stereocenters. The summed E-state index contributed by atoms with van der Waals surface area (Å²) in [5.41, 5.74) is 16.9. The Kier molecular flexibility index (Phi) is 7.01. The van der Waals surface area contributed by atoms with E-state index in [1.54, 1.807) is 11.1 Å². The van der Waals surface area contributed by atoms with Crippen LogP contribution in [0.5, 0.6) is 0 Å². The number of benzene rings is 8. The number of hydrogen-bond donors (Lipinski definition) is 0. The van der Waals surface area contributed by atoms with Crippen molar-refractivity contribution in [2.24, 2.45) is 23.7 Å². The lowest BCUT2D eigenvalue weighted by atomic mass is 9.43. The van der Waals surface area contributed by atoms with Crippen LogP contribution in [0.25, 0.3) is 66.1 Å². The second-order valence-corrected chi connectivity index (χ2v) is 18.5. The van der Waals surface area contributed by atoms with E-state index in [4.69, 9.17) is 0 Å². The molecule has 4 bridgehead atoms. The Morgan fingerprint density at radius 2 is 0.934 bits per heavy atom. The number of para-hydroxylation sites is 4. The molecule has 0 saturated heterocycles. The van der Waals surface area contributed by atoms with E-state index in [1.165, 1.54) is 110 Å². The van der Waals surface area contributed by atoms with Gasteiger partial charge in [0.15, 0.2) is 0 Å². The highest BCUT2D eigenvalue weighted by molar-refractivity contribution is 6.17. The van der Waals surface area contributed by atoms with Crippen LogP contribution in [0.4, 0.5) is 17.1 Å². The van der Waals surface area contributed by atoms with Gasteiger partial charge in [0.05, 0.1) is 27.8 Å². The molecule has 292 valence electrons. The molecule has 2 aromatic heterocycles. The van der Waals surface area contributed by atoms with Crippen molar-refractivity contribution < 1.29 is 0 Å². The predicted octanol–water partition coefficient (Wildman–Crippen LogP) is 15.1. The molecule has 0 amide bonds. The quantitative estimate of drug-likeness (QED) is 0.169. The topological polar surface area (TPSA) is 13.1 Å². The second-order valence-electron chi connectivity index (χ2n) is 18.5. The monoisotopic (exact) mass is 783 g/mol. The SMILES string of the molecule is c1ccc(-n2c3ccccc3c3ccc(N(c4ccc5c(c4)C4(c6ccccc6-5)C5CC6CC(C5)CC4C6)c4cccc5c4c4ccccc4n5-c4ccccc4)cc32)cc1. The molecule has 0 atom stereocenters. The molecule has 3 nitrogen and oxygen atoms in total. The highest BCUT2D eigenvalue weighted by Crippen LogP contribution is 2.69. The highest BCUT2D eigenvalue weighted by atomic mass is 15.2. The van der Waals surface area contributed by atoms with Gasteiger partial charge in [0, 0.05) is 49.7 Å². The standard InChI is InChI=1S/C58H45N3/c1-3-14-41(15-4-1)60-53-23-12-9-20-49(53)57-54(24-13-25-55(57)60)59(44-27-29-48-47-19-8-11-22-52(47)61(56(48)36-44)42-16-5-2-6-17-42)43-26-28-46-45-18-7-10-21-50(45)58(51(46)35-43)39-31-37-30-38(33-39)34-40(58)32-37/h1-29,35-40H,30-34H2. The maximum absolute atomic E-state index is 2.66. The average Bonchev–Trinajstić information content (AvgIpc) is 3.93. The van der Waals surface area contributed by atoms with E-state index >= 15 is 0 Å². The second kappa shape index (κ2) is 12.6. The number of hydrogen-bond acceptors (Lipinski definition) is 1. The first-order valence-corrected chi connectivity index (χ1v) is 22.4. The van der Waals surface area contributed by atoms with Crippen molar-refractivity contribution in [2.45, 2.75) is 37.5 Å². The summed E-state index contributed by atoms with van der Waals surface area (Å²) in [6.45, 7) is 0. The Hall–Kier alpha value is -6.84. The van der Waals surface area contributed by atoms with Crippen molar-refractivity contribution in [3.8, 4) is 22.5 Å². The minimum atomic E-state index is 0.0695. The summed E-state index contributed by atoms with van der Waals surface area (Å²) in [5, 5.41) is 5.05. The Morgan fingerprint density at radius 1 is 0.393 bits per heavy atom. The molecule has 61 heavy (non-hydrogen) atoms. The predicted molar refractivity (Wildman–Crippen MR) is 253 cm³/mol. The zero-order valence-corrected chi connectivity index (χ0v) is 34.1. The molecular formula is C58H45N3. The number of fused-ring (bicyclic) bond motifs is 9. The number of anilines is 3. The van der Waals surface area contributed by atoms with Crippen LogP contribution in [-0.4, -0.2) is 9.13 Å². The third-order valence-electron chi connectivity index (χ3n) is 15.7. The molecule has 15 rings (SSSR count). The Bertz CT molecular complexity index is 3360. The van der Waals surface area contributed by atoms with Gasteiger partial charge in [0.1, 0.15) is 0 Å². The first-order valence-electron chi connectivity index (χ1n) is 22.4. The minimum absolute atomic E-state index is 0.0695. The van der Waals surface area contributed by atoms with Gasteiger partial charge in [0.25, 0.3) is 0 Å². The van der Waals surface area contributed by atoms with Crippen LogP contribution in [0.15, 0.2) is 188 Å². The molecule has 8 aromatic carbocycles. The molecule has 2 heterocycles. The van der Waals surface area contributed by atoms with Crippen molar-refractivity contribution in [3.05, 3.63) is 199 Å². The smallest absolute Gasteiger partial charge is 0.0562 e. The summed E-state index contributed by atoms with van der Waals surface area (Å²) >= 11 is 0. The van der Waals surface area contributed by atoms with Crippen LogP contribution in [0.2, 0.25) is 0 Å². The first kappa shape index (κ1) is 33.9. The summed E-state index contributed by atoms with van der Waals surface area (Å²) in [6.07, 6.45) is 6.93. The largest absolute Gasteiger partial charge is 0.310 e. The van der Waals surface area contributed by atoms with Gasteiger partial charge in [-0.3, -0.25) is 0 Å². The van der Waals surface area contributed by atoms with Crippen LogP contribution in [-0.2, 0) is 5.41 Å². The van der Waals surface area contributed by atoms with Crippen molar-refractivity contribution in [3.63, 3.8) is 0 Å². The van der Waals surface area contributed by atoms with Crippen molar-refractivity contribution in [1.29, 1.82) is 0 Å². The Balaban J connectivity index is 1.07. The molecular weight excluding hydrogens is 739 g/mol. The average molecular weight is 784 g/mol. The van der Waals surface area contributed by atoms with Crippen LogP contribution in [0.3, 0.4) is 0 Å². The normalized spacial score (nSPS) is 22.2. The number of aromatic nitrogens is 2. The van der Waals surface area contributed by atoms with Crippen molar-refractivity contribution in [2.75, 3.05) is 4.90 Å². The summed E-state index contributed by atoms with van der Waals surface area (Å²) < 4.78 is 4.91. The molecule has 5 aliphatic rings. The van der Waals surface area contributed by atoms with Gasteiger partial charge in [-0.2, -0.15) is 0 Å². The first-order chi connectivity index (χ1) is 30.2. The van der Waals surface area contributed by atoms with E-state index in [0.717, 1.165) is 17.5 Å². The Labute approximate surface area is 356 Å². The van der Waals surface area contributed by atoms with Crippen LogP contribution in [0, 0.1) is 23.7 Å². The minimum Gasteiger partial charge on any atom is -0.310 e. The molecule has 10 aromatic rings. The van der Waals surface area contributed by atoms with Gasteiger partial charge in [-0.25, -0.2) is 0 Å². The molecule has 0 N–H and O–H groups in total. The van der Waals surface area contributed by atoms with E-state index < -0.39 is 0 Å². The maximum atomic E-state index is 2.66. The van der Waals surface area contributed by atoms with Gasteiger partial charge in [-0.1, -0.05) is 115 Å². The lowest BCUT2D eigenvalue weighted by molar-refractivity contribution is -0.0399. The van der Waals surface area contributed by atoms with Gasteiger partial charge < -0.3 is 14.0 Å². The van der Waals surface area contributed by atoms with Crippen LogP contribution in [0.1, 0.15) is 43.2 Å². The lowest BCUT2D eigenvalue weighted by Gasteiger charge is -2.61. The van der Waals surface area contributed by atoms with Gasteiger partial charge in [0.2, 0.25) is 0 Å². The number of rotatable bonds is 5. The molecule has 1 spiro atoms. The van der Waals surface area contributed by atoms with E-state index in [9.17, 15) is 0 Å². The van der Waals surface area contributed by atoms with E-state index in [2.05, 4.69) is 202 Å². The molecule has 0 radical (unpaired) electrons. The molecule has 5 aliphatic carbocycles. The van der Waals surface area contributed by atoms with Crippen molar-refractivity contribution >= 4 is 60.7 Å². The number of nitrogens with zero attached hydrogens (tertiary/aromatic N) is 3. The zero-order valence-electron chi connectivity index (χ0n) is 34.1. The van der Waals surface area contributed by atoms with Crippen LogP contribution < -0.4 is 4.90 Å². The molecule has 4 saturated carbocycles. The third-order valence-corrected chi connectivity index (χ3v) is 15.7. The van der Waals surface area contributed by atoms with E-state index in [0.29, 0.717) is 11.8 Å². The zero-order chi connectivity index (χ0) is 39.8. The fourth-order valence-corrected chi connectivity index (χ4v) is 13.7. The highest BCUT2D eigenvalue weighted by Gasteiger charge is 2.61. The molecule has 0 aliphatic heterocycles.